The molecule has 0 bridgehead atoms. The molecule has 1 atom stereocenters. The minimum Gasteiger partial charge on any atom is -0.465 e. The van der Waals surface area contributed by atoms with Crippen molar-refractivity contribution in [3.8, 4) is 0 Å². The number of ether oxygens (including phenoxy) is 4. The van der Waals surface area contributed by atoms with Gasteiger partial charge in [-0.1, -0.05) is 42.5 Å². The first-order valence-electron chi connectivity index (χ1n) is 11.4. The Labute approximate surface area is 201 Å². The number of likely N-dealkylation sites (tertiary alicyclic amines) is 1. The van der Waals surface area contributed by atoms with Crippen LogP contribution in [0.5, 0.6) is 0 Å². The first kappa shape index (κ1) is 25.5. The molecule has 34 heavy (non-hydrogen) atoms. The summed E-state index contributed by atoms with van der Waals surface area (Å²) in [5.41, 5.74) is 0.448. The Kier molecular flexibility index (Phi) is 8.47. The van der Waals surface area contributed by atoms with E-state index in [4.69, 9.17) is 18.9 Å². The zero-order valence-corrected chi connectivity index (χ0v) is 20.3. The fourth-order valence-corrected chi connectivity index (χ4v) is 3.70. The molecule has 1 aliphatic heterocycles. The molecule has 3 rings (SSSR count). The van der Waals surface area contributed by atoms with Crippen LogP contribution in [0.15, 0.2) is 60.8 Å². The van der Waals surface area contributed by atoms with Crippen molar-refractivity contribution >= 4 is 18.0 Å². The van der Waals surface area contributed by atoms with Gasteiger partial charge in [0, 0.05) is 19.2 Å². The average Bonchev–Trinajstić information content (AvgIpc) is 3.24. The van der Waals surface area contributed by atoms with Gasteiger partial charge in [0.1, 0.15) is 5.60 Å². The Morgan fingerprint density at radius 1 is 1.06 bits per heavy atom. The van der Waals surface area contributed by atoms with Crippen molar-refractivity contribution in [1.82, 2.24) is 4.90 Å². The number of esters is 2. The van der Waals surface area contributed by atoms with Crippen LogP contribution >= 0.6 is 0 Å². The second-order valence-electron chi connectivity index (χ2n) is 9.11. The lowest BCUT2D eigenvalue weighted by Gasteiger charge is -2.37. The lowest BCUT2D eigenvalue weighted by molar-refractivity contribution is -0.223. The molecular formula is C27H33NO6. The van der Waals surface area contributed by atoms with E-state index in [9.17, 15) is 9.59 Å². The molecule has 1 fully saturated rings. The van der Waals surface area contributed by atoms with Gasteiger partial charge in [0.15, 0.2) is 6.79 Å². The van der Waals surface area contributed by atoms with E-state index in [1.807, 2.05) is 80.4 Å². The van der Waals surface area contributed by atoms with Crippen LogP contribution in [0.2, 0.25) is 0 Å². The number of hydrogen-bond acceptors (Lipinski definition) is 7. The molecule has 0 radical (unpaired) electrons. The lowest BCUT2D eigenvalue weighted by atomic mass is 10.1. The quantitative estimate of drug-likeness (QED) is 0.299. The SMILES string of the molecule is COC(=O)c1ccc(/C=C/N2CCCC2(OCOCc2ccccc2)C(=O)OC(C)(C)C)cc1. The van der Waals surface area contributed by atoms with Crippen LogP contribution in [0.25, 0.3) is 6.08 Å². The number of methoxy groups -OCH3 is 1. The van der Waals surface area contributed by atoms with Gasteiger partial charge < -0.3 is 23.8 Å². The molecule has 0 amide bonds. The molecule has 0 aromatic heterocycles. The van der Waals surface area contributed by atoms with Crippen LogP contribution < -0.4 is 0 Å². The summed E-state index contributed by atoms with van der Waals surface area (Å²) < 4.78 is 22.3. The van der Waals surface area contributed by atoms with Gasteiger partial charge in [-0.15, -0.1) is 0 Å². The Hall–Kier alpha value is -3.16. The number of carbonyl (C=O) groups excluding carboxylic acids is 2. The molecule has 2 aromatic rings. The second-order valence-corrected chi connectivity index (χ2v) is 9.11. The van der Waals surface area contributed by atoms with Gasteiger partial charge >= 0.3 is 11.9 Å². The first-order chi connectivity index (χ1) is 16.2. The largest absolute Gasteiger partial charge is 0.465 e. The van der Waals surface area contributed by atoms with Gasteiger partial charge in [0.25, 0.3) is 0 Å². The summed E-state index contributed by atoms with van der Waals surface area (Å²) in [7, 11) is 1.35. The second kappa shape index (κ2) is 11.3. The van der Waals surface area contributed by atoms with Crippen LogP contribution in [0.1, 0.15) is 55.1 Å². The van der Waals surface area contributed by atoms with Crippen molar-refractivity contribution in [2.24, 2.45) is 0 Å². The Morgan fingerprint density at radius 2 is 1.76 bits per heavy atom. The topological polar surface area (TPSA) is 74.3 Å². The Balaban J connectivity index is 1.74. The summed E-state index contributed by atoms with van der Waals surface area (Å²) in [6.07, 6.45) is 4.97. The fraction of sp³-hybridized carbons (Fsp3) is 0.407. The third-order valence-electron chi connectivity index (χ3n) is 5.37. The van der Waals surface area contributed by atoms with E-state index in [1.54, 1.807) is 12.1 Å². The summed E-state index contributed by atoms with van der Waals surface area (Å²) in [4.78, 5) is 26.8. The maximum atomic E-state index is 13.3. The summed E-state index contributed by atoms with van der Waals surface area (Å²) in [5, 5.41) is 0. The van der Waals surface area contributed by atoms with Crippen molar-refractivity contribution < 1.29 is 28.5 Å². The number of benzene rings is 2. The molecule has 7 nitrogen and oxygen atoms in total. The highest BCUT2D eigenvalue weighted by atomic mass is 16.7. The Morgan fingerprint density at radius 3 is 2.41 bits per heavy atom. The van der Waals surface area contributed by atoms with Crippen LogP contribution in [0, 0.1) is 0 Å². The molecule has 2 aromatic carbocycles. The smallest absolute Gasteiger partial charge is 0.360 e. The molecule has 7 heteroatoms. The minimum atomic E-state index is -1.27. The number of nitrogens with zero attached hydrogens (tertiary/aromatic N) is 1. The average molecular weight is 468 g/mol. The first-order valence-corrected chi connectivity index (χ1v) is 11.4. The third kappa shape index (κ3) is 6.68. The maximum Gasteiger partial charge on any atom is 0.360 e. The predicted molar refractivity (Wildman–Crippen MR) is 129 cm³/mol. The molecule has 1 heterocycles. The lowest BCUT2D eigenvalue weighted by Crippen LogP contribution is -2.53. The van der Waals surface area contributed by atoms with Crippen molar-refractivity contribution in [2.75, 3.05) is 20.4 Å². The normalized spacial score (nSPS) is 18.3. The number of hydrogen-bond donors (Lipinski definition) is 0. The van der Waals surface area contributed by atoms with Crippen molar-refractivity contribution in [3.63, 3.8) is 0 Å². The van der Waals surface area contributed by atoms with Crippen LogP contribution in [-0.4, -0.2) is 48.6 Å². The molecule has 0 saturated carbocycles. The molecule has 1 unspecified atom stereocenters. The van der Waals surface area contributed by atoms with E-state index in [0.29, 0.717) is 25.1 Å². The zero-order valence-electron chi connectivity index (χ0n) is 20.3. The summed E-state index contributed by atoms with van der Waals surface area (Å²) in [5.74, 6) is -0.825. The van der Waals surface area contributed by atoms with E-state index < -0.39 is 17.3 Å². The van der Waals surface area contributed by atoms with Gasteiger partial charge in [-0.25, -0.2) is 9.59 Å². The van der Waals surface area contributed by atoms with E-state index in [1.165, 1.54) is 7.11 Å². The molecular weight excluding hydrogens is 434 g/mol. The number of rotatable bonds is 9. The standard InChI is InChI=1S/C27H33NO6/c1-26(2,3)34-25(30)27(33-20-32-19-22-9-6-5-7-10-22)16-8-17-28(27)18-15-21-11-13-23(14-12-21)24(29)31-4/h5-7,9-15,18H,8,16-17,19-20H2,1-4H3/b18-15+. The summed E-state index contributed by atoms with van der Waals surface area (Å²) in [6, 6.07) is 16.8. The summed E-state index contributed by atoms with van der Waals surface area (Å²) in [6.45, 7) is 6.47. The predicted octanol–water partition coefficient (Wildman–Crippen LogP) is 4.77. The van der Waals surface area contributed by atoms with E-state index in [2.05, 4.69) is 0 Å². The highest BCUT2D eigenvalue weighted by Gasteiger charge is 2.50. The molecule has 0 N–H and O–H groups in total. The Bertz CT molecular complexity index is 980. The monoisotopic (exact) mass is 467 g/mol. The fourth-order valence-electron chi connectivity index (χ4n) is 3.70. The van der Waals surface area contributed by atoms with Gasteiger partial charge in [-0.2, -0.15) is 0 Å². The molecule has 1 aliphatic rings. The van der Waals surface area contributed by atoms with Gasteiger partial charge in [0.2, 0.25) is 5.72 Å². The van der Waals surface area contributed by atoms with E-state index in [0.717, 1.165) is 17.5 Å². The highest BCUT2D eigenvalue weighted by molar-refractivity contribution is 5.89. The highest BCUT2D eigenvalue weighted by Crippen LogP contribution is 2.34. The van der Waals surface area contributed by atoms with Crippen molar-refractivity contribution in [1.29, 1.82) is 0 Å². The van der Waals surface area contributed by atoms with Crippen LogP contribution in [-0.2, 0) is 30.3 Å². The third-order valence-corrected chi connectivity index (χ3v) is 5.37. The molecule has 0 aliphatic carbocycles. The van der Waals surface area contributed by atoms with Crippen LogP contribution in [0.3, 0.4) is 0 Å². The molecule has 0 spiro atoms. The minimum absolute atomic E-state index is 0.0493. The zero-order chi connectivity index (χ0) is 24.6. The van der Waals surface area contributed by atoms with E-state index in [-0.39, 0.29) is 12.8 Å². The van der Waals surface area contributed by atoms with Crippen molar-refractivity contribution in [2.45, 2.75) is 51.5 Å². The van der Waals surface area contributed by atoms with Gasteiger partial charge in [-0.3, -0.25) is 0 Å². The number of carbonyl (C=O) groups is 2. The van der Waals surface area contributed by atoms with Crippen LogP contribution in [0.4, 0.5) is 0 Å². The summed E-state index contributed by atoms with van der Waals surface area (Å²) >= 11 is 0. The molecule has 1 saturated heterocycles. The van der Waals surface area contributed by atoms with Gasteiger partial charge in [-0.05, 0) is 56.5 Å². The molecule has 182 valence electrons. The van der Waals surface area contributed by atoms with E-state index >= 15 is 0 Å². The maximum absolute atomic E-state index is 13.3. The van der Waals surface area contributed by atoms with Crippen molar-refractivity contribution in [3.05, 3.63) is 77.5 Å². The van der Waals surface area contributed by atoms with Gasteiger partial charge in [0.05, 0.1) is 19.3 Å².